The number of rotatable bonds is 3. The number of aromatic carboxylic acids is 1. The molecule has 1 aliphatic rings. The largest absolute Gasteiger partial charge is 0.478 e. The maximum absolute atomic E-state index is 11.3. The third-order valence-corrected chi connectivity index (χ3v) is 3.85. The van der Waals surface area contributed by atoms with Gasteiger partial charge in [-0.3, -0.25) is 0 Å². The molecule has 1 aliphatic heterocycles. The lowest BCUT2D eigenvalue weighted by Gasteiger charge is -2.19. The van der Waals surface area contributed by atoms with E-state index in [1.807, 2.05) is 24.3 Å². The van der Waals surface area contributed by atoms with E-state index in [-0.39, 0.29) is 18.1 Å². The second-order valence-electron chi connectivity index (χ2n) is 5.13. The minimum absolute atomic E-state index is 0.182. The van der Waals surface area contributed by atoms with Crippen molar-refractivity contribution in [3.05, 3.63) is 36.0 Å². The molecule has 2 aromatic rings. The van der Waals surface area contributed by atoms with Gasteiger partial charge in [0.05, 0.1) is 5.56 Å². The summed E-state index contributed by atoms with van der Waals surface area (Å²) in [6, 6.07) is 7.43. The van der Waals surface area contributed by atoms with Gasteiger partial charge < -0.3 is 15.1 Å². The predicted molar refractivity (Wildman–Crippen MR) is 76.1 cm³/mol. The molecule has 1 aromatic heterocycles. The highest BCUT2D eigenvalue weighted by Gasteiger charge is 2.25. The summed E-state index contributed by atoms with van der Waals surface area (Å²) in [5.74, 6) is 0.117. The van der Waals surface area contributed by atoms with Crippen LogP contribution in [0.15, 0.2) is 30.5 Å². The molecule has 0 amide bonds. The Balaban J connectivity index is 2.09. The molecule has 1 atom stereocenters. The summed E-state index contributed by atoms with van der Waals surface area (Å²) in [4.78, 5) is 17.7. The fraction of sp³-hybridized carbons (Fsp3) is 0.333. The zero-order valence-corrected chi connectivity index (χ0v) is 11.0. The molecule has 5 nitrogen and oxygen atoms in total. The van der Waals surface area contributed by atoms with E-state index in [2.05, 4.69) is 9.88 Å². The SMILES string of the molecule is O=C(O)c1cnc(N2CCC(CO)C2)c2ccccc12. The molecule has 3 rings (SSSR count). The van der Waals surface area contributed by atoms with Gasteiger partial charge in [-0.2, -0.15) is 0 Å². The van der Waals surface area contributed by atoms with Crippen LogP contribution in [0.3, 0.4) is 0 Å². The molecule has 104 valence electrons. The molecule has 1 unspecified atom stereocenters. The van der Waals surface area contributed by atoms with Gasteiger partial charge in [0, 0.05) is 42.6 Å². The van der Waals surface area contributed by atoms with Gasteiger partial charge >= 0.3 is 5.97 Å². The number of hydrogen-bond acceptors (Lipinski definition) is 4. The van der Waals surface area contributed by atoms with Gasteiger partial charge in [-0.05, 0) is 6.42 Å². The normalized spacial score (nSPS) is 18.6. The summed E-state index contributed by atoms with van der Waals surface area (Å²) in [5, 5.41) is 20.0. The Kier molecular flexibility index (Phi) is 3.28. The van der Waals surface area contributed by atoms with Crippen LogP contribution in [-0.2, 0) is 0 Å². The summed E-state index contributed by atoms with van der Waals surface area (Å²) in [5.41, 5.74) is 0.224. The molecule has 5 heteroatoms. The van der Waals surface area contributed by atoms with Crippen LogP contribution in [0.25, 0.3) is 10.8 Å². The number of hydrogen-bond donors (Lipinski definition) is 2. The van der Waals surface area contributed by atoms with Crippen molar-refractivity contribution < 1.29 is 15.0 Å². The summed E-state index contributed by atoms with van der Waals surface area (Å²) >= 11 is 0. The summed E-state index contributed by atoms with van der Waals surface area (Å²) < 4.78 is 0. The zero-order chi connectivity index (χ0) is 14.1. The van der Waals surface area contributed by atoms with Gasteiger partial charge in [0.2, 0.25) is 0 Å². The van der Waals surface area contributed by atoms with Crippen molar-refractivity contribution in [2.24, 2.45) is 5.92 Å². The Bertz CT molecular complexity index is 657. The van der Waals surface area contributed by atoms with Crippen molar-refractivity contribution in [2.45, 2.75) is 6.42 Å². The van der Waals surface area contributed by atoms with E-state index >= 15 is 0 Å². The molecule has 0 spiro atoms. The van der Waals surface area contributed by atoms with Crippen LogP contribution in [0.5, 0.6) is 0 Å². The number of anilines is 1. The molecule has 2 heterocycles. The summed E-state index contributed by atoms with van der Waals surface area (Å²) in [7, 11) is 0. The standard InChI is InChI=1S/C15H16N2O3/c18-9-10-5-6-17(8-10)14-12-4-2-1-3-11(12)13(7-16-14)15(19)20/h1-4,7,10,18H,5-6,8-9H2,(H,19,20). The van der Waals surface area contributed by atoms with E-state index < -0.39 is 5.97 Å². The van der Waals surface area contributed by atoms with Crippen LogP contribution in [0.2, 0.25) is 0 Å². The fourth-order valence-corrected chi connectivity index (χ4v) is 2.77. The van der Waals surface area contributed by atoms with Crippen LogP contribution in [0, 0.1) is 5.92 Å². The molecule has 1 aromatic carbocycles. The Morgan fingerprint density at radius 1 is 1.35 bits per heavy atom. The molecule has 0 aliphatic carbocycles. The molecule has 0 saturated carbocycles. The molecule has 0 bridgehead atoms. The smallest absolute Gasteiger partial charge is 0.337 e. The summed E-state index contributed by atoms with van der Waals surface area (Å²) in [6.45, 7) is 1.79. The van der Waals surface area contributed by atoms with E-state index in [0.29, 0.717) is 5.39 Å². The Hall–Kier alpha value is -2.14. The number of nitrogens with zero attached hydrogens (tertiary/aromatic N) is 2. The molecule has 20 heavy (non-hydrogen) atoms. The van der Waals surface area contributed by atoms with Gasteiger partial charge in [0.15, 0.2) is 0 Å². The van der Waals surface area contributed by atoms with Crippen molar-refractivity contribution in [1.29, 1.82) is 0 Å². The second kappa shape index (κ2) is 5.09. The molecule has 2 N–H and O–H groups in total. The van der Waals surface area contributed by atoms with Crippen molar-refractivity contribution in [3.8, 4) is 0 Å². The lowest BCUT2D eigenvalue weighted by Crippen LogP contribution is -2.22. The lowest BCUT2D eigenvalue weighted by molar-refractivity contribution is 0.0698. The second-order valence-corrected chi connectivity index (χ2v) is 5.13. The highest BCUT2D eigenvalue weighted by Crippen LogP contribution is 2.30. The average Bonchev–Trinajstić information content (AvgIpc) is 2.94. The van der Waals surface area contributed by atoms with Gasteiger partial charge in [0.25, 0.3) is 0 Å². The Morgan fingerprint density at radius 3 is 2.75 bits per heavy atom. The summed E-state index contributed by atoms with van der Waals surface area (Å²) in [6.07, 6.45) is 2.36. The first-order valence-electron chi connectivity index (χ1n) is 6.67. The topological polar surface area (TPSA) is 73.7 Å². The lowest BCUT2D eigenvalue weighted by atomic mass is 10.1. The fourth-order valence-electron chi connectivity index (χ4n) is 2.77. The number of fused-ring (bicyclic) bond motifs is 1. The number of carboxylic acid groups (broad SMARTS) is 1. The Labute approximate surface area is 116 Å². The molecule has 1 saturated heterocycles. The number of benzene rings is 1. The third kappa shape index (κ3) is 2.10. The number of aromatic nitrogens is 1. The van der Waals surface area contributed by atoms with Crippen LogP contribution >= 0.6 is 0 Å². The minimum atomic E-state index is -0.963. The van der Waals surface area contributed by atoms with Gasteiger partial charge in [-0.1, -0.05) is 24.3 Å². The Morgan fingerprint density at radius 2 is 2.10 bits per heavy atom. The van der Waals surface area contributed by atoms with Gasteiger partial charge in [-0.15, -0.1) is 0 Å². The van der Waals surface area contributed by atoms with Crippen molar-refractivity contribution in [1.82, 2.24) is 4.98 Å². The van der Waals surface area contributed by atoms with E-state index in [4.69, 9.17) is 0 Å². The number of pyridine rings is 1. The van der Waals surface area contributed by atoms with Crippen molar-refractivity contribution in [3.63, 3.8) is 0 Å². The van der Waals surface area contributed by atoms with Gasteiger partial charge in [0.1, 0.15) is 5.82 Å². The predicted octanol–water partition coefficient (Wildman–Crippen LogP) is 1.75. The third-order valence-electron chi connectivity index (χ3n) is 3.85. The van der Waals surface area contributed by atoms with Gasteiger partial charge in [-0.25, -0.2) is 9.78 Å². The molecule has 1 fully saturated rings. The monoisotopic (exact) mass is 272 g/mol. The van der Waals surface area contributed by atoms with E-state index in [9.17, 15) is 15.0 Å². The highest BCUT2D eigenvalue weighted by molar-refractivity contribution is 6.06. The maximum Gasteiger partial charge on any atom is 0.337 e. The van der Waals surface area contributed by atoms with Crippen LogP contribution in [0.1, 0.15) is 16.8 Å². The van der Waals surface area contributed by atoms with Crippen LogP contribution < -0.4 is 4.90 Å². The number of aliphatic hydroxyl groups is 1. The van der Waals surface area contributed by atoms with E-state index in [1.165, 1.54) is 6.20 Å². The van der Waals surface area contributed by atoms with E-state index in [0.717, 1.165) is 30.7 Å². The zero-order valence-electron chi connectivity index (χ0n) is 11.0. The number of carbonyl (C=O) groups is 1. The first-order valence-corrected chi connectivity index (χ1v) is 6.67. The molecular weight excluding hydrogens is 256 g/mol. The van der Waals surface area contributed by atoms with Crippen molar-refractivity contribution in [2.75, 3.05) is 24.6 Å². The number of carboxylic acids is 1. The highest BCUT2D eigenvalue weighted by atomic mass is 16.4. The van der Waals surface area contributed by atoms with Crippen molar-refractivity contribution >= 4 is 22.6 Å². The first-order chi connectivity index (χ1) is 9.70. The first kappa shape index (κ1) is 12.9. The maximum atomic E-state index is 11.3. The van der Waals surface area contributed by atoms with E-state index in [1.54, 1.807) is 0 Å². The minimum Gasteiger partial charge on any atom is -0.478 e. The van der Waals surface area contributed by atoms with Crippen LogP contribution in [0.4, 0.5) is 5.82 Å². The number of aliphatic hydroxyl groups excluding tert-OH is 1. The average molecular weight is 272 g/mol. The molecular formula is C15H16N2O3. The molecule has 0 radical (unpaired) electrons. The van der Waals surface area contributed by atoms with Crippen LogP contribution in [-0.4, -0.2) is 40.9 Å². The quantitative estimate of drug-likeness (QED) is 0.890.